The minimum atomic E-state index is -2.24. The van der Waals surface area contributed by atoms with Crippen molar-refractivity contribution >= 4 is 51.6 Å². The fourth-order valence-electron chi connectivity index (χ4n) is 2.38. The van der Waals surface area contributed by atoms with Crippen LogP contribution in [-0.2, 0) is 11.8 Å². The second-order valence-corrected chi connectivity index (χ2v) is 9.74. The Morgan fingerprint density at radius 2 is 1.08 bits per heavy atom. The van der Waals surface area contributed by atoms with Crippen molar-refractivity contribution in [2.24, 2.45) is 0 Å². The Labute approximate surface area is 153 Å². The standard InChI is InChI=1S/C19H17N2PS2/c23-19(20-16-10-4-1-5-11-16)21-22(24,17-12-6-2-7-13-17)18-14-8-3-9-15-18/h1-15H,(H2,20,21,23,24). The van der Waals surface area contributed by atoms with Crippen LogP contribution in [0.15, 0.2) is 91.0 Å². The van der Waals surface area contributed by atoms with Gasteiger partial charge in [0.1, 0.15) is 0 Å². The smallest absolute Gasteiger partial charge is 0.175 e. The maximum Gasteiger partial charge on any atom is 0.175 e. The van der Waals surface area contributed by atoms with Crippen LogP contribution in [-0.4, -0.2) is 5.11 Å². The normalized spacial score (nSPS) is 10.8. The molecule has 0 aromatic heterocycles. The van der Waals surface area contributed by atoms with Crippen molar-refractivity contribution in [1.82, 2.24) is 5.09 Å². The molecule has 0 unspecified atom stereocenters. The summed E-state index contributed by atoms with van der Waals surface area (Å²) in [6.07, 6.45) is -2.24. The summed E-state index contributed by atoms with van der Waals surface area (Å²) < 4.78 is 0. The fraction of sp³-hybridized carbons (Fsp3) is 0. The Bertz CT molecular complexity index is 809. The number of thiocarbonyl (C=S) groups is 1. The molecule has 0 aliphatic rings. The molecule has 0 bridgehead atoms. The molecule has 0 saturated heterocycles. The number of nitrogens with one attached hydrogen (secondary N) is 2. The predicted molar refractivity (Wildman–Crippen MR) is 112 cm³/mol. The third-order valence-corrected chi connectivity index (χ3v) is 8.01. The van der Waals surface area contributed by atoms with Gasteiger partial charge in [0.25, 0.3) is 0 Å². The van der Waals surface area contributed by atoms with Gasteiger partial charge in [-0.25, -0.2) is 0 Å². The first kappa shape index (κ1) is 16.8. The number of benzene rings is 3. The summed E-state index contributed by atoms with van der Waals surface area (Å²) in [4.78, 5) is 0. The van der Waals surface area contributed by atoms with E-state index in [0.29, 0.717) is 5.11 Å². The maximum absolute atomic E-state index is 6.10. The van der Waals surface area contributed by atoms with Gasteiger partial charge in [0.2, 0.25) is 0 Å². The van der Waals surface area contributed by atoms with E-state index >= 15 is 0 Å². The topological polar surface area (TPSA) is 24.1 Å². The van der Waals surface area contributed by atoms with Gasteiger partial charge in [-0.05, 0) is 24.4 Å². The lowest BCUT2D eigenvalue weighted by molar-refractivity contribution is 1.49. The summed E-state index contributed by atoms with van der Waals surface area (Å²) in [5.74, 6) is 0. The number of rotatable bonds is 4. The van der Waals surface area contributed by atoms with Crippen LogP contribution in [0.25, 0.3) is 0 Å². The van der Waals surface area contributed by atoms with Gasteiger partial charge in [0.05, 0.1) is 6.19 Å². The van der Waals surface area contributed by atoms with Gasteiger partial charge in [-0.2, -0.15) is 0 Å². The summed E-state index contributed by atoms with van der Waals surface area (Å²) >= 11 is 11.6. The molecule has 0 heterocycles. The molecule has 3 aromatic carbocycles. The van der Waals surface area contributed by atoms with Gasteiger partial charge in [-0.3, -0.25) is 0 Å². The van der Waals surface area contributed by atoms with E-state index in [0.717, 1.165) is 16.3 Å². The molecule has 24 heavy (non-hydrogen) atoms. The van der Waals surface area contributed by atoms with Crippen LogP contribution in [0.4, 0.5) is 5.69 Å². The highest BCUT2D eigenvalue weighted by molar-refractivity contribution is 8.21. The molecule has 2 N–H and O–H groups in total. The molecule has 0 amide bonds. The lowest BCUT2D eigenvalue weighted by Gasteiger charge is -2.26. The number of para-hydroxylation sites is 1. The quantitative estimate of drug-likeness (QED) is 0.537. The van der Waals surface area contributed by atoms with Gasteiger partial charge in [-0.15, -0.1) is 0 Å². The van der Waals surface area contributed by atoms with Crippen molar-refractivity contribution in [2.45, 2.75) is 0 Å². The Balaban J connectivity index is 1.92. The van der Waals surface area contributed by atoms with Crippen LogP contribution in [0.3, 0.4) is 0 Å². The Kier molecular flexibility index (Phi) is 5.41. The lowest BCUT2D eigenvalue weighted by atomic mass is 10.3. The average Bonchev–Trinajstić information content (AvgIpc) is 2.64. The third kappa shape index (κ3) is 3.90. The monoisotopic (exact) mass is 368 g/mol. The molecule has 120 valence electrons. The molecule has 0 aliphatic heterocycles. The lowest BCUT2D eigenvalue weighted by Crippen LogP contribution is -2.34. The van der Waals surface area contributed by atoms with E-state index in [-0.39, 0.29) is 0 Å². The molecule has 0 radical (unpaired) electrons. The van der Waals surface area contributed by atoms with Gasteiger partial charge in [-0.1, -0.05) is 90.7 Å². The summed E-state index contributed by atoms with van der Waals surface area (Å²) in [6.45, 7) is 0. The van der Waals surface area contributed by atoms with Crippen molar-refractivity contribution in [1.29, 1.82) is 0 Å². The van der Waals surface area contributed by atoms with Crippen molar-refractivity contribution in [2.75, 3.05) is 5.32 Å². The highest BCUT2D eigenvalue weighted by Crippen LogP contribution is 2.39. The first-order valence-electron chi connectivity index (χ1n) is 7.54. The second-order valence-electron chi connectivity index (χ2n) is 5.21. The average molecular weight is 368 g/mol. The predicted octanol–water partition coefficient (Wildman–Crippen LogP) is 4.02. The summed E-state index contributed by atoms with van der Waals surface area (Å²) in [6, 6.07) is 30.1. The van der Waals surface area contributed by atoms with Crippen LogP contribution in [0.1, 0.15) is 0 Å². The minimum Gasteiger partial charge on any atom is -0.333 e. The zero-order valence-corrected chi connectivity index (χ0v) is 15.5. The molecular weight excluding hydrogens is 351 g/mol. The number of hydrogen-bond acceptors (Lipinski definition) is 2. The van der Waals surface area contributed by atoms with E-state index in [4.69, 9.17) is 24.0 Å². The minimum absolute atomic E-state index is 0.539. The first-order chi connectivity index (χ1) is 11.7. The summed E-state index contributed by atoms with van der Waals surface area (Å²) in [5.41, 5.74) is 0.942. The molecule has 0 fully saturated rings. The van der Waals surface area contributed by atoms with Crippen molar-refractivity contribution in [3.63, 3.8) is 0 Å². The largest absolute Gasteiger partial charge is 0.333 e. The third-order valence-electron chi connectivity index (χ3n) is 3.53. The van der Waals surface area contributed by atoms with Gasteiger partial charge in [0, 0.05) is 16.3 Å². The van der Waals surface area contributed by atoms with Crippen LogP contribution >= 0.6 is 18.4 Å². The Morgan fingerprint density at radius 3 is 1.54 bits per heavy atom. The SMILES string of the molecule is S=C(Nc1ccccc1)NP(=S)(c1ccccc1)c1ccccc1. The molecule has 0 atom stereocenters. The molecular formula is C19H17N2PS2. The van der Waals surface area contributed by atoms with E-state index in [1.54, 1.807) is 0 Å². The number of anilines is 1. The second kappa shape index (κ2) is 7.71. The maximum atomic E-state index is 6.10. The van der Waals surface area contributed by atoms with E-state index in [9.17, 15) is 0 Å². The van der Waals surface area contributed by atoms with E-state index in [2.05, 4.69) is 34.7 Å². The van der Waals surface area contributed by atoms with E-state index in [1.165, 1.54) is 0 Å². The van der Waals surface area contributed by atoms with Gasteiger partial charge >= 0.3 is 0 Å². The molecule has 3 rings (SSSR count). The zero-order valence-electron chi connectivity index (χ0n) is 12.9. The fourth-order valence-corrected chi connectivity index (χ4v) is 6.17. The van der Waals surface area contributed by atoms with Crippen LogP contribution in [0, 0.1) is 0 Å². The van der Waals surface area contributed by atoms with E-state index < -0.39 is 6.19 Å². The summed E-state index contributed by atoms with van der Waals surface area (Å²) in [5, 5.41) is 9.35. The summed E-state index contributed by atoms with van der Waals surface area (Å²) in [7, 11) is 0. The number of hydrogen-bond donors (Lipinski definition) is 2. The van der Waals surface area contributed by atoms with Crippen molar-refractivity contribution in [3.8, 4) is 0 Å². The zero-order chi connectivity index (χ0) is 16.8. The molecule has 2 nitrogen and oxygen atoms in total. The molecule has 0 aliphatic carbocycles. The molecule has 0 saturated carbocycles. The molecule has 0 spiro atoms. The van der Waals surface area contributed by atoms with Gasteiger partial charge in [0.15, 0.2) is 5.11 Å². The Morgan fingerprint density at radius 1 is 0.667 bits per heavy atom. The van der Waals surface area contributed by atoms with Crippen LogP contribution < -0.4 is 21.0 Å². The van der Waals surface area contributed by atoms with Crippen molar-refractivity contribution < 1.29 is 0 Å². The molecule has 5 heteroatoms. The van der Waals surface area contributed by atoms with Crippen LogP contribution in [0.5, 0.6) is 0 Å². The van der Waals surface area contributed by atoms with Crippen LogP contribution in [0.2, 0.25) is 0 Å². The Hall–Kier alpha value is -2.00. The van der Waals surface area contributed by atoms with Crippen molar-refractivity contribution in [3.05, 3.63) is 91.0 Å². The highest BCUT2D eigenvalue weighted by atomic mass is 32.4. The highest BCUT2D eigenvalue weighted by Gasteiger charge is 2.23. The van der Waals surface area contributed by atoms with E-state index in [1.807, 2.05) is 66.7 Å². The first-order valence-corrected chi connectivity index (χ1v) is 10.8. The molecule has 3 aromatic rings. The van der Waals surface area contributed by atoms with Gasteiger partial charge < -0.3 is 10.4 Å².